The van der Waals surface area contributed by atoms with Crippen LogP contribution in [0.2, 0.25) is 0 Å². The summed E-state index contributed by atoms with van der Waals surface area (Å²) in [6, 6.07) is 10.5. The molecule has 0 spiro atoms. The first kappa shape index (κ1) is 25.6. The molecule has 2 rings (SSSR count). The third-order valence-electron chi connectivity index (χ3n) is 4.46. The first-order valence-electron chi connectivity index (χ1n) is 10.4. The van der Waals surface area contributed by atoms with Crippen molar-refractivity contribution in [3.05, 3.63) is 47.5 Å². The molecule has 0 aliphatic rings. The Balaban J connectivity index is 2.41. The zero-order chi connectivity index (χ0) is 24.1. The molecule has 0 bridgehead atoms. The maximum absolute atomic E-state index is 12.4. The summed E-state index contributed by atoms with van der Waals surface area (Å²) in [4.78, 5) is 23.4. The third kappa shape index (κ3) is 7.79. The molecular weight excluding hydrogens is 426 g/mol. The van der Waals surface area contributed by atoms with Crippen LogP contribution in [0.4, 0.5) is 5.69 Å². The van der Waals surface area contributed by atoms with Crippen molar-refractivity contribution in [2.24, 2.45) is 5.41 Å². The van der Waals surface area contributed by atoms with Crippen LogP contribution in [-0.2, 0) is 21.8 Å². The molecule has 0 atom stereocenters. The second kappa shape index (κ2) is 10.3. The Morgan fingerprint density at radius 1 is 0.969 bits per heavy atom. The van der Waals surface area contributed by atoms with Gasteiger partial charge in [0.15, 0.2) is 11.5 Å². The van der Waals surface area contributed by atoms with Gasteiger partial charge in [-0.15, -0.1) is 0 Å². The van der Waals surface area contributed by atoms with Gasteiger partial charge in [0.05, 0.1) is 7.11 Å². The highest BCUT2D eigenvalue weighted by Gasteiger charge is 2.22. The van der Waals surface area contributed by atoms with E-state index in [1.807, 2.05) is 32.9 Å². The Bertz CT molecular complexity index is 973. The number of ether oxygens (including phenoxy) is 2. The molecule has 2 aromatic carbocycles. The van der Waals surface area contributed by atoms with Crippen molar-refractivity contribution in [3.63, 3.8) is 0 Å². The van der Waals surface area contributed by atoms with Gasteiger partial charge in [0.25, 0.3) is 0 Å². The minimum absolute atomic E-state index is 0.0357. The van der Waals surface area contributed by atoms with Crippen LogP contribution in [-0.4, -0.2) is 23.7 Å². The minimum Gasteiger partial charge on any atom is -0.550 e. The van der Waals surface area contributed by atoms with E-state index in [0.717, 1.165) is 5.56 Å². The maximum Gasteiger partial charge on any atom is 0.229 e. The Hall–Kier alpha value is -2.67. The summed E-state index contributed by atoms with van der Waals surface area (Å²) in [6.07, 6.45) is -0.217. The number of anilines is 1. The first-order valence-corrected chi connectivity index (χ1v) is 11.4. The number of aliphatic carboxylic acids is 1. The zero-order valence-corrected chi connectivity index (χ0v) is 20.6. The van der Waals surface area contributed by atoms with Crippen molar-refractivity contribution in [2.75, 3.05) is 12.4 Å². The average molecular weight is 459 g/mol. The molecule has 2 aromatic rings. The number of amides is 1. The van der Waals surface area contributed by atoms with Gasteiger partial charge in [-0.05, 0) is 35.9 Å². The highest BCUT2D eigenvalue weighted by molar-refractivity contribution is 7.99. The van der Waals surface area contributed by atoms with Crippen LogP contribution in [0.1, 0.15) is 52.7 Å². The number of carboxylic acid groups (broad SMARTS) is 1. The van der Waals surface area contributed by atoms with Crippen LogP contribution < -0.4 is 19.9 Å². The van der Waals surface area contributed by atoms with E-state index >= 15 is 0 Å². The predicted octanol–water partition coefficient (Wildman–Crippen LogP) is 4.80. The molecule has 6 nitrogen and oxygen atoms in total. The lowest BCUT2D eigenvalue weighted by Crippen LogP contribution is -2.27. The fourth-order valence-electron chi connectivity index (χ4n) is 2.68. The van der Waals surface area contributed by atoms with E-state index in [9.17, 15) is 14.7 Å². The van der Waals surface area contributed by atoms with Crippen molar-refractivity contribution in [1.82, 2.24) is 0 Å². The fourth-order valence-corrected chi connectivity index (χ4v) is 3.49. The molecule has 0 radical (unpaired) electrons. The van der Waals surface area contributed by atoms with Crippen LogP contribution in [0, 0.1) is 5.41 Å². The molecule has 0 heterocycles. The highest BCUT2D eigenvalue weighted by Crippen LogP contribution is 2.38. The molecule has 174 valence electrons. The van der Waals surface area contributed by atoms with Gasteiger partial charge in [-0.3, -0.25) is 4.79 Å². The smallest absolute Gasteiger partial charge is 0.229 e. The normalized spacial score (nSPS) is 11.7. The van der Waals surface area contributed by atoms with Gasteiger partial charge in [-0.25, -0.2) is 0 Å². The van der Waals surface area contributed by atoms with Gasteiger partial charge in [-0.2, -0.15) is 11.8 Å². The zero-order valence-electron chi connectivity index (χ0n) is 19.8. The van der Waals surface area contributed by atoms with Crippen LogP contribution in [0.3, 0.4) is 0 Å². The molecule has 0 saturated heterocycles. The second-order valence-electron chi connectivity index (χ2n) is 9.56. The van der Waals surface area contributed by atoms with Crippen LogP contribution in [0.5, 0.6) is 17.2 Å². The average Bonchev–Trinajstić information content (AvgIpc) is 2.66. The van der Waals surface area contributed by atoms with E-state index < -0.39 is 11.4 Å². The summed E-state index contributed by atoms with van der Waals surface area (Å²) in [6.45, 7) is 12.0. The summed E-state index contributed by atoms with van der Waals surface area (Å²) in [5.74, 6) is 0.949. The summed E-state index contributed by atoms with van der Waals surface area (Å²) < 4.78 is 11.6. The van der Waals surface area contributed by atoms with Crippen LogP contribution in [0.25, 0.3) is 0 Å². The van der Waals surface area contributed by atoms with E-state index in [1.54, 1.807) is 36.0 Å². The van der Waals surface area contributed by atoms with E-state index in [4.69, 9.17) is 9.47 Å². The van der Waals surface area contributed by atoms with Gasteiger partial charge >= 0.3 is 0 Å². The largest absolute Gasteiger partial charge is 0.550 e. The number of benzene rings is 2. The monoisotopic (exact) mass is 458 g/mol. The van der Waals surface area contributed by atoms with Crippen LogP contribution >= 0.6 is 11.8 Å². The molecule has 0 aliphatic heterocycles. The second-order valence-corrected chi connectivity index (χ2v) is 11.4. The Kier molecular flexibility index (Phi) is 8.24. The number of methoxy groups -OCH3 is 1. The highest BCUT2D eigenvalue weighted by atomic mass is 32.2. The summed E-state index contributed by atoms with van der Waals surface area (Å²) in [5, 5.41) is 14.0. The van der Waals surface area contributed by atoms with E-state index in [2.05, 4.69) is 26.1 Å². The molecular formula is C25H32NO5S-. The summed E-state index contributed by atoms with van der Waals surface area (Å²) in [7, 11) is 1.53. The quantitative estimate of drug-likeness (QED) is 0.612. The maximum atomic E-state index is 12.4. The number of thioether (sulfide) groups is 1. The number of hydrogen-bond donors (Lipinski definition) is 1. The molecule has 32 heavy (non-hydrogen) atoms. The van der Waals surface area contributed by atoms with Gasteiger partial charge in [0, 0.05) is 39.6 Å². The SMILES string of the molecule is COc1ccc(CC(=O)[O-])cc1Oc1ccc(NC(=O)C(C)(C)C)cc1CSC(C)(C)C. The van der Waals surface area contributed by atoms with Crippen molar-refractivity contribution < 1.29 is 24.2 Å². The number of carbonyl (C=O) groups excluding carboxylic acids is 2. The predicted molar refractivity (Wildman–Crippen MR) is 127 cm³/mol. The number of nitrogens with one attached hydrogen (secondary N) is 1. The van der Waals surface area contributed by atoms with Crippen molar-refractivity contribution in [2.45, 2.75) is 58.5 Å². The molecule has 0 aromatic heterocycles. The molecule has 0 aliphatic carbocycles. The summed E-state index contributed by atoms with van der Waals surface area (Å²) >= 11 is 1.76. The van der Waals surface area contributed by atoms with Crippen molar-refractivity contribution in [1.29, 1.82) is 0 Å². The molecule has 0 saturated carbocycles. The summed E-state index contributed by atoms with van der Waals surface area (Å²) in [5.41, 5.74) is 1.64. The lowest BCUT2D eigenvalue weighted by Gasteiger charge is -2.21. The van der Waals surface area contributed by atoms with Gasteiger partial charge in [0.1, 0.15) is 5.75 Å². The Morgan fingerprint density at radius 2 is 1.62 bits per heavy atom. The molecule has 1 N–H and O–H groups in total. The molecule has 7 heteroatoms. The number of carbonyl (C=O) groups is 2. The fraction of sp³-hybridized carbons (Fsp3) is 0.440. The number of carboxylic acids is 1. The lowest BCUT2D eigenvalue weighted by atomic mass is 9.95. The standard InChI is InChI=1S/C25H33NO5S/c1-24(2,3)23(29)26-18-9-11-19(17(14-18)15-32-25(4,5)6)31-21-12-16(13-22(27)28)8-10-20(21)30-7/h8-12,14H,13,15H2,1-7H3,(H,26,29)(H,27,28)/p-1. The van der Waals surface area contributed by atoms with Gasteiger partial charge in [0.2, 0.25) is 5.91 Å². The molecule has 0 unspecified atom stereocenters. The number of hydrogen-bond acceptors (Lipinski definition) is 6. The molecule has 0 fully saturated rings. The van der Waals surface area contributed by atoms with E-state index in [1.165, 1.54) is 7.11 Å². The van der Waals surface area contributed by atoms with Crippen molar-refractivity contribution >= 4 is 29.3 Å². The number of rotatable bonds is 8. The topological polar surface area (TPSA) is 87.7 Å². The third-order valence-corrected chi connectivity index (χ3v) is 5.78. The Morgan fingerprint density at radius 3 is 2.19 bits per heavy atom. The van der Waals surface area contributed by atoms with Gasteiger partial charge < -0.3 is 24.7 Å². The lowest BCUT2D eigenvalue weighted by molar-refractivity contribution is -0.304. The van der Waals surface area contributed by atoms with E-state index in [0.29, 0.717) is 34.3 Å². The molecule has 1 amide bonds. The van der Waals surface area contributed by atoms with Gasteiger partial charge in [-0.1, -0.05) is 47.6 Å². The van der Waals surface area contributed by atoms with E-state index in [-0.39, 0.29) is 17.1 Å². The van der Waals surface area contributed by atoms with Crippen LogP contribution in [0.15, 0.2) is 36.4 Å². The first-order chi connectivity index (χ1) is 14.8. The minimum atomic E-state index is -1.16. The Labute approximate surface area is 194 Å². The van der Waals surface area contributed by atoms with Crippen molar-refractivity contribution in [3.8, 4) is 17.2 Å².